The second-order valence-electron chi connectivity index (χ2n) is 5.23. The minimum absolute atomic E-state index is 0.101. The van der Waals surface area contributed by atoms with Gasteiger partial charge in [-0.15, -0.1) is 0 Å². The highest BCUT2D eigenvalue weighted by Gasteiger charge is 2.12. The van der Waals surface area contributed by atoms with E-state index in [1.807, 2.05) is 32.3 Å². The van der Waals surface area contributed by atoms with E-state index in [-0.39, 0.29) is 12.4 Å². The molecule has 2 rings (SSSR count). The van der Waals surface area contributed by atoms with E-state index < -0.39 is 0 Å². The van der Waals surface area contributed by atoms with E-state index in [0.717, 1.165) is 23.2 Å². The summed E-state index contributed by atoms with van der Waals surface area (Å²) in [5.41, 5.74) is 3.30. The molecule has 0 saturated heterocycles. The smallest absolute Gasteiger partial charge is 0.126 e. The molecule has 0 saturated carbocycles. The minimum Gasteiger partial charge on any atom is -0.496 e. The molecule has 0 aromatic heterocycles. The molecule has 112 valence electrons. The molecule has 3 nitrogen and oxygen atoms in total. The van der Waals surface area contributed by atoms with Gasteiger partial charge in [0.2, 0.25) is 0 Å². The van der Waals surface area contributed by atoms with Crippen molar-refractivity contribution in [1.29, 1.82) is 0 Å². The molecule has 0 bridgehead atoms. The summed E-state index contributed by atoms with van der Waals surface area (Å²) in [6.07, 6.45) is 0. The molecule has 0 radical (unpaired) electrons. The molecule has 4 heteroatoms. The van der Waals surface area contributed by atoms with E-state index in [1.54, 1.807) is 13.2 Å². The van der Waals surface area contributed by atoms with Crippen molar-refractivity contribution >= 4 is 0 Å². The summed E-state index contributed by atoms with van der Waals surface area (Å²) in [5.74, 6) is 0.263. The van der Waals surface area contributed by atoms with E-state index in [0.29, 0.717) is 11.3 Å². The van der Waals surface area contributed by atoms with Gasteiger partial charge >= 0.3 is 0 Å². The van der Waals surface area contributed by atoms with Crippen LogP contribution in [0.1, 0.15) is 11.1 Å². The molecule has 0 unspecified atom stereocenters. The second kappa shape index (κ2) is 6.70. The van der Waals surface area contributed by atoms with Crippen molar-refractivity contribution in [3.63, 3.8) is 0 Å². The van der Waals surface area contributed by atoms with Gasteiger partial charge in [0.15, 0.2) is 0 Å². The first kappa shape index (κ1) is 15.5. The van der Waals surface area contributed by atoms with Crippen molar-refractivity contribution in [1.82, 2.24) is 4.90 Å². The predicted octanol–water partition coefficient (Wildman–Crippen LogP) is 3.06. The highest BCUT2D eigenvalue weighted by atomic mass is 19.1. The Labute approximate surface area is 124 Å². The molecular formula is C17H20FNO2. The molecule has 2 aromatic rings. The second-order valence-corrected chi connectivity index (χ2v) is 5.23. The van der Waals surface area contributed by atoms with Gasteiger partial charge < -0.3 is 14.7 Å². The molecule has 2 aromatic carbocycles. The third-order valence-electron chi connectivity index (χ3n) is 3.29. The lowest BCUT2D eigenvalue weighted by Crippen LogP contribution is -2.11. The number of aliphatic hydroxyl groups excluding tert-OH is 1. The van der Waals surface area contributed by atoms with Crippen LogP contribution in [0.25, 0.3) is 11.1 Å². The van der Waals surface area contributed by atoms with E-state index in [9.17, 15) is 9.50 Å². The molecular weight excluding hydrogens is 269 g/mol. The quantitative estimate of drug-likeness (QED) is 0.918. The van der Waals surface area contributed by atoms with Crippen LogP contribution < -0.4 is 4.74 Å². The highest BCUT2D eigenvalue weighted by molar-refractivity contribution is 5.73. The van der Waals surface area contributed by atoms with Gasteiger partial charge in [-0.25, -0.2) is 4.39 Å². The van der Waals surface area contributed by atoms with Crippen LogP contribution in [0.5, 0.6) is 5.75 Å². The van der Waals surface area contributed by atoms with Gasteiger partial charge in [0, 0.05) is 12.1 Å². The molecule has 0 atom stereocenters. The number of halogens is 1. The summed E-state index contributed by atoms with van der Waals surface area (Å²) in [7, 11) is 5.53. The summed E-state index contributed by atoms with van der Waals surface area (Å²) in [6, 6.07) is 10.2. The summed E-state index contributed by atoms with van der Waals surface area (Å²) < 4.78 is 18.8. The zero-order valence-electron chi connectivity index (χ0n) is 12.6. The number of hydrogen-bond donors (Lipinski definition) is 1. The van der Waals surface area contributed by atoms with Gasteiger partial charge in [-0.05, 0) is 49.0 Å². The number of hydrogen-bond acceptors (Lipinski definition) is 3. The molecule has 0 aliphatic carbocycles. The molecule has 1 N–H and O–H groups in total. The average Bonchev–Trinajstić information content (AvgIpc) is 2.46. The van der Waals surface area contributed by atoms with Crippen LogP contribution in [0.15, 0.2) is 36.4 Å². The fraction of sp³-hybridized carbons (Fsp3) is 0.294. The Bertz CT molecular complexity index is 626. The number of rotatable bonds is 5. The molecule has 0 amide bonds. The normalized spacial score (nSPS) is 11.0. The predicted molar refractivity (Wildman–Crippen MR) is 81.7 cm³/mol. The monoisotopic (exact) mass is 289 g/mol. The minimum atomic E-state index is -0.327. The van der Waals surface area contributed by atoms with E-state index in [2.05, 4.69) is 4.90 Å². The van der Waals surface area contributed by atoms with Crippen LogP contribution >= 0.6 is 0 Å². The van der Waals surface area contributed by atoms with E-state index in [1.165, 1.54) is 12.1 Å². The summed E-state index contributed by atoms with van der Waals surface area (Å²) in [5, 5.41) is 9.62. The van der Waals surface area contributed by atoms with Gasteiger partial charge in [-0.2, -0.15) is 0 Å². The molecule has 0 aliphatic heterocycles. The van der Waals surface area contributed by atoms with Crippen LogP contribution in [-0.2, 0) is 13.2 Å². The van der Waals surface area contributed by atoms with Gasteiger partial charge in [0.05, 0.1) is 13.7 Å². The van der Waals surface area contributed by atoms with Crippen molar-refractivity contribution in [2.45, 2.75) is 13.2 Å². The maximum Gasteiger partial charge on any atom is 0.126 e. The first-order valence-corrected chi connectivity index (χ1v) is 6.76. The van der Waals surface area contributed by atoms with Gasteiger partial charge in [0.25, 0.3) is 0 Å². The lowest BCUT2D eigenvalue weighted by atomic mass is 9.97. The van der Waals surface area contributed by atoms with Crippen molar-refractivity contribution < 1.29 is 14.2 Å². The third kappa shape index (κ3) is 3.60. The molecule has 21 heavy (non-hydrogen) atoms. The highest BCUT2D eigenvalue weighted by Crippen LogP contribution is 2.33. The molecule has 0 fully saturated rings. The number of methoxy groups -OCH3 is 1. The topological polar surface area (TPSA) is 32.7 Å². The lowest BCUT2D eigenvalue weighted by molar-refractivity contribution is 0.282. The maximum atomic E-state index is 13.5. The average molecular weight is 289 g/mol. The molecule has 0 aliphatic rings. The summed E-state index contributed by atoms with van der Waals surface area (Å²) in [4.78, 5) is 2.05. The standard InChI is InChI=1S/C17H20FNO2/c1-19(2)10-12-4-6-15(13(8-12)11-20)16-9-14(18)5-7-17(16)21-3/h4-9,20H,10-11H2,1-3H3. The Hall–Kier alpha value is -1.91. The number of aliphatic hydroxyl groups is 1. The Kier molecular flexibility index (Phi) is 4.94. The fourth-order valence-corrected chi connectivity index (χ4v) is 2.39. The van der Waals surface area contributed by atoms with Gasteiger partial charge in [-0.3, -0.25) is 0 Å². The van der Waals surface area contributed by atoms with Crippen LogP contribution in [0.2, 0.25) is 0 Å². The van der Waals surface area contributed by atoms with Gasteiger partial charge in [0.1, 0.15) is 11.6 Å². The van der Waals surface area contributed by atoms with Crippen molar-refractivity contribution in [3.05, 3.63) is 53.3 Å². The van der Waals surface area contributed by atoms with Crippen molar-refractivity contribution in [3.8, 4) is 16.9 Å². The Morgan fingerprint density at radius 1 is 1.10 bits per heavy atom. The summed E-state index contributed by atoms with van der Waals surface area (Å²) >= 11 is 0. The van der Waals surface area contributed by atoms with Gasteiger partial charge in [-0.1, -0.05) is 18.2 Å². The first-order chi connectivity index (χ1) is 10.0. The van der Waals surface area contributed by atoms with Crippen LogP contribution in [0, 0.1) is 5.82 Å². The van der Waals surface area contributed by atoms with Crippen LogP contribution in [0.4, 0.5) is 4.39 Å². The largest absolute Gasteiger partial charge is 0.496 e. The fourth-order valence-electron chi connectivity index (χ4n) is 2.39. The Morgan fingerprint density at radius 3 is 2.48 bits per heavy atom. The number of benzene rings is 2. The van der Waals surface area contributed by atoms with E-state index >= 15 is 0 Å². The van der Waals surface area contributed by atoms with Crippen molar-refractivity contribution in [2.75, 3.05) is 21.2 Å². The SMILES string of the molecule is COc1ccc(F)cc1-c1ccc(CN(C)C)cc1CO. The number of ether oxygens (including phenoxy) is 1. The maximum absolute atomic E-state index is 13.5. The first-order valence-electron chi connectivity index (χ1n) is 6.76. The summed E-state index contributed by atoms with van der Waals surface area (Å²) in [6.45, 7) is 0.684. The third-order valence-corrected chi connectivity index (χ3v) is 3.29. The number of nitrogens with zero attached hydrogens (tertiary/aromatic N) is 1. The lowest BCUT2D eigenvalue weighted by Gasteiger charge is -2.15. The molecule has 0 spiro atoms. The van der Waals surface area contributed by atoms with E-state index in [4.69, 9.17) is 4.74 Å². The van der Waals surface area contributed by atoms with Crippen LogP contribution in [0.3, 0.4) is 0 Å². The Morgan fingerprint density at radius 2 is 1.86 bits per heavy atom. The zero-order valence-corrected chi connectivity index (χ0v) is 12.6. The van der Waals surface area contributed by atoms with Crippen molar-refractivity contribution in [2.24, 2.45) is 0 Å². The van der Waals surface area contributed by atoms with Crippen LogP contribution in [-0.4, -0.2) is 31.2 Å². The zero-order chi connectivity index (χ0) is 15.4. The molecule has 0 heterocycles. The Balaban J connectivity index is 2.51.